The van der Waals surface area contributed by atoms with Gasteiger partial charge in [0.15, 0.2) is 0 Å². The third-order valence-corrected chi connectivity index (χ3v) is 2.59. The Morgan fingerprint density at radius 3 is 2.05 bits per heavy atom. The number of carbonyl (C=O) groups is 2. The standard InChI is InChI=1S/C13H16N2O6/c1-12(2,3)21-11(18)13(14,10(16)17)8-4-6-9(7-5-8)15(19)20/h4-7H,14H2,1-3H3,(H,16,17). The molecule has 0 radical (unpaired) electrons. The fourth-order valence-electron chi connectivity index (χ4n) is 1.53. The predicted octanol–water partition coefficient (Wildman–Crippen LogP) is 1.18. The summed E-state index contributed by atoms with van der Waals surface area (Å²) in [7, 11) is 0. The first-order valence-electron chi connectivity index (χ1n) is 5.99. The number of carboxylic acid groups (broad SMARTS) is 1. The maximum absolute atomic E-state index is 12.1. The number of nitro groups is 1. The largest absolute Gasteiger partial charge is 0.479 e. The minimum atomic E-state index is -2.43. The average Bonchev–Trinajstić information content (AvgIpc) is 2.35. The second kappa shape index (κ2) is 5.49. The highest BCUT2D eigenvalue weighted by atomic mass is 16.6. The van der Waals surface area contributed by atoms with Crippen LogP contribution in [0.15, 0.2) is 24.3 Å². The van der Waals surface area contributed by atoms with Crippen LogP contribution in [0.4, 0.5) is 5.69 Å². The van der Waals surface area contributed by atoms with Crippen LogP contribution in [0.2, 0.25) is 0 Å². The summed E-state index contributed by atoms with van der Waals surface area (Å²) in [6.45, 7) is 4.72. The molecule has 21 heavy (non-hydrogen) atoms. The molecule has 3 N–H and O–H groups in total. The Balaban J connectivity index is 3.25. The Bertz CT molecular complexity index is 575. The molecule has 0 heterocycles. The van der Waals surface area contributed by atoms with E-state index >= 15 is 0 Å². The minimum Gasteiger partial charge on any atom is -0.479 e. The zero-order valence-corrected chi connectivity index (χ0v) is 11.8. The molecule has 0 fully saturated rings. The van der Waals surface area contributed by atoms with Crippen molar-refractivity contribution in [2.45, 2.75) is 31.9 Å². The van der Waals surface area contributed by atoms with Gasteiger partial charge in [-0.15, -0.1) is 0 Å². The summed E-state index contributed by atoms with van der Waals surface area (Å²) >= 11 is 0. The number of esters is 1. The monoisotopic (exact) mass is 296 g/mol. The molecule has 0 spiro atoms. The van der Waals surface area contributed by atoms with Gasteiger partial charge in [-0.05, 0) is 38.5 Å². The number of hydrogen-bond acceptors (Lipinski definition) is 6. The predicted molar refractivity (Wildman–Crippen MR) is 72.4 cm³/mol. The summed E-state index contributed by atoms with van der Waals surface area (Å²) in [5.74, 6) is -2.75. The normalized spacial score (nSPS) is 14.1. The first-order chi connectivity index (χ1) is 9.48. The van der Waals surface area contributed by atoms with Gasteiger partial charge >= 0.3 is 11.9 Å². The lowest BCUT2D eigenvalue weighted by molar-refractivity contribution is -0.384. The molecule has 8 heteroatoms. The number of carboxylic acids is 1. The van der Waals surface area contributed by atoms with E-state index < -0.39 is 28.0 Å². The molecule has 0 aliphatic heterocycles. The van der Waals surface area contributed by atoms with E-state index in [0.29, 0.717) is 0 Å². The van der Waals surface area contributed by atoms with Gasteiger partial charge in [-0.1, -0.05) is 0 Å². The Kier molecular flexibility index (Phi) is 4.33. The summed E-state index contributed by atoms with van der Waals surface area (Å²) in [6, 6.07) is 4.39. The number of benzene rings is 1. The SMILES string of the molecule is CC(C)(C)OC(=O)C(N)(C(=O)O)c1ccc([N+](=O)[O-])cc1. The van der Waals surface area contributed by atoms with Gasteiger partial charge in [0.1, 0.15) is 5.60 Å². The van der Waals surface area contributed by atoms with Crippen LogP contribution in [0.3, 0.4) is 0 Å². The van der Waals surface area contributed by atoms with Crippen LogP contribution in [0.1, 0.15) is 26.3 Å². The van der Waals surface area contributed by atoms with E-state index in [4.69, 9.17) is 10.5 Å². The molecule has 0 aromatic heterocycles. The molecule has 1 aromatic carbocycles. The summed E-state index contributed by atoms with van der Waals surface area (Å²) in [4.78, 5) is 33.4. The number of rotatable bonds is 4. The Labute approximate surface area is 120 Å². The van der Waals surface area contributed by atoms with Crippen molar-refractivity contribution in [3.63, 3.8) is 0 Å². The summed E-state index contributed by atoms with van der Waals surface area (Å²) < 4.78 is 5.02. The molecule has 0 bridgehead atoms. The number of nitrogens with two attached hydrogens (primary N) is 1. The molecule has 1 aromatic rings. The quantitative estimate of drug-likeness (QED) is 0.369. The topological polar surface area (TPSA) is 133 Å². The Morgan fingerprint density at radius 2 is 1.71 bits per heavy atom. The summed E-state index contributed by atoms with van der Waals surface area (Å²) in [6.07, 6.45) is 0. The lowest BCUT2D eigenvalue weighted by atomic mass is 9.90. The van der Waals surface area contributed by atoms with Gasteiger partial charge in [0.25, 0.3) is 5.69 Å². The molecule has 0 aliphatic rings. The van der Waals surface area contributed by atoms with Crippen LogP contribution in [-0.4, -0.2) is 27.6 Å². The number of aliphatic carboxylic acids is 1. The van der Waals surface area contributed by atoms with Crippen molar-refractivity contribution in [1.82, 2.24) is 0 Å². The van der Waals surface area contributed by atoms with Gasteiger partial charge in [-0.25, -0.2) is 9.59 Å². The van der Waals surface area contributed by atoms with E-state index in [1.807, 2.05) is 0 Å². The van der Waals surface area contributed by atoms with Crippen LogP contribution in [0, 0.1) is 10.1 Å². The number of carbonyl (C=O) groups excluding carboxylic acids is 1. The number of nitrogens with zero attached hydrogens (tertiary/aromatic N) is 1. The van der Waals surface area contributed by atoms with Crippen molar-refractivity contribution in [1.29, 1.82) is 0 Å². The van der Waals surface area contributed by atoms with Crippen LogP contribution in [-0.2, 0) is 19.9 Å². The first-order valence-corrected chi connectivity index (χ1v) is 5.99. The Hall–Kier alpha value is -2.48. The van der Waals surface area contributed by atoms with E-state index in [1.54, 1.807) is 20.8 Å². The summed E-state index contributed by atoms with van der Waals surface area (Å²) in [5.41, 5.74) is 2.01. The van der Waals surface area contributed by atoms with Crippen LogP contribution in [0.5, 0.6) is 0 Å². The van der Waals surface area contributed by atoms with Crippen molar-refractivity contribution < 1.29 is 24.4 Å². The maximum Gasteiger partial charge on any atom is 0.343 e. The second-order valence-corrected chi connectivity index (χ2v) is 5.42. The number of ether oxygens (including phenoxy) is 1. The van der Waals surface area contributed by atoms with Crippen molar-refractivity contribution in [3.8, 4) is 0 Å². The van der Waals surface area contributed by atoms with E-state index in [0.717, 1.165) is 24.3 Å². The molecule has 0 aliphatic carbocycles. The number of hydrogen-bond donors (Lipinski definition) is 2. The molecule has 8 nitrogen and oxygen atoms in total. The van der Waals surface area contributed by atoms with Gasteiger partial charge in [-0.3, -0.25) is 10.1 Å². The van der Waals surface area contributed by atoms with Crippen molar-refractivity contribution in [2.75, 3.05) is 0 Å². The van der Waals surface area contributed by atoms with E-state index in [2.05, 4.69) is 0 Å². The van der Waals surface area contributed by atoms with Gasteiger partial charge < -0.3 is 15.6 Å². The second-order valence-electron chi connectivity index (χ2n) is 5.42. The fourth-order valence-corrected chi connectivity index (χ4v) is 1.53. The average molecular weight is 296 g/mol. The van der Waals surface area contributed by atoms with Crippen LogP contribution < -0.4 is 5.73 Å². The zero-order chi connectivity index (χ0) is 16.4. The fraction of sp³-hybridized carbons (Fsp3) is 0.385. The number of non-ortho nitro benzene ring substituents is 1. The van der Waals surface area contributed by atoms with Crippen molar-refractivity contribution in [3.05, 3.63) is 39.9 Å². The third kappa shape index (κ3) is 3.54. The van der Waals surface area contributed by atoms with Crippen molar-refractivity contribution >= 4 is 17.6 Å². The lowest BCUT2D eigenvalue weighted by Crippen LogP contribution is -2.54. The molecule has 1 unspecified atom stereocenters. The minimum absolute atomic E-state index is 0.102. The maximum atomic E-state index is 12.1. The molecule has 1 atom stereocenters. The molecule has 1 rings (SSSR count). The highest BCUT2D eigenvalue weighted by Gasteiger charge is 2.47. The molecule has 0 saturated carbocycles. The van der Waals surface area contributed by atoms with Crippen molar-refractivity contribution in [2.24, 2.45) is 5.73 Å². The molecule has 0 amide bonds. The van der Waals surface area contributed by atoms with Crippen LogP contribution >= 0.6 is 0 Å². The lowest BCUT2D eigenvalue weighted by Gasteiger charge is -2.28. The molecular weight excluding hydrogens is 280 g/mol. The van der Waals surface area contributed by atoms with Gasteiger partial charge in [0.2, 0.25) is 5.54 Å². The Morgan fingerprint density at radius 1 is 1.24 bits per heavy atom. The third-order valence-electron chi connectivity index (χ3n) is 2.59. The smallest absolute Gasteiger partial charge is 0.343 e. The summed E-state index contributed by atoms with van der Waals surface area (Å²) in [5, 5.41) is 19.9. The highest BCUT2D eigenvalue weighted by Crippen LogP contribution is 2.25. The van der Waals surface area contributed by atoms with Gasteiger partial charge in [0.05, 0.1) is 4.92 Å². The number of nitro benzene ring substituents is 1. The first kappa shape index (κ1) is 16.6. The van der Waals surface area contributed by atoms with Gasteiger partial charge in [-0.2, -0.15) is 0 Å². The van der Waals surface area contributed by atoms with Crippen LogP contribution in [0.25, 0.3) is 0 Å². The molecule has 114 valence electrons. The molecular formula is C13H16N2O6. The van der Waals surface area contributed by atoms with E-state index in [-0.39, 0.29) is 11.3 Å². The molecule has 0 saturated heterocycles. The van der Waals surface area contributed by atoms with E-state index in [9.17, 15) is 24.8 Å². The van der Waals surface area contributed by atoms with Gasteiger partial charge in [0, 0.05) is 12.1 Å². The highest BCUT2D eigenvalue weighted by molar-refractivity contribution is 6.04. The zero-order valence-electron chi connectivity index (χ0n) is 11.8. The van der Waals surface area contributed by atoms with E-state index in [1.165, 1.54) is 0 Å².